The number of benzene rings is 2. The van der Waals surface area contributed by atoms with Gasteiger partial charge in [0.25, 0.3) is 0 Å². The first-order valence-electron chi connectivity index (χ1n) is 14.0. The van der Waals surface area contributed by atoms with Crippen molar-refractivity contribution in [3.8, 4) is 0 Å². The first kappa shape index (κ1) is 40.5. The lowest BCUT2D eigenvalue weighted by Crippen LogP contribution is -2.25. The highest BCUT2D eigenvalue weighted by atomic mass is 32.2. The van der Waals surface area contributed by atoms with Crippen molar-refractivity contribution in [2.45, 2.75) is 78.0 Å². The van der Waals surface area contributed by atoms with Crippen molar-refractivity contribution in [3.05, 3.63) is 95.0 Å². The van der Waals surface area contributed by atoms with Crippen molar-refractivity contribution >= 4 is 22.9 Å². The molecule has 2 rings (SSSR count). The summed E-state index contributed by atoms with van der Waals surface area (Å²) < 4.78 is 81.9. The maximum absolute atomic E-state index is 12.6. The quantitative estimate of drug-likeness (QED) is 0.0543. The minimum Gasteiger partial charge on any atom is -0.458 e. The van der Waals surface area contributed by atoms with Crippen LogP contribution in [0.2, 0.25) is 0 Å². The van der Waals surface area contributed by atoms with Crippen LogP contribution in [0.4, 0.5) is 17.6 Å². The highest BCUT2D eigenvalue weighted by molar-refractivity contribution is 7.87. The van der Waals surface area contributed by atoms with E-state index in [1.807, 2.05) is 39.8 Å². The average molecular weight is 646 g/mol. The van der Waals surface area contributed by atoms with Crippen molar-refractivity contribution in [2.24, 2.45) is 0 Å². The van der Waals surface area contributed by atoms with Crippen LogP contribution >= 0.6 is 0 Å². The summed E-state index contributed by atoms with van der Waals surface area (Å²) in [6, 6.07) is 14.4. The molecule has 0 amide bonds. The lowest BCUT2D eigenvalue weighted by Gasteiger charge is -2.27. The zero-order valence-corrected chi connectivity index (χ0v) is 26.9. The SMILES string of the molecule is C=O.CC/C=C(\C=C/CN(C)C(CCC)c1ccc(C)cc1)OS(=O)(=O)C(F)(F)F.CCC(OC(C)=O)c1ccc(F)cc1. The molecular weight excluding hydrogens is 602 g/mol. The molecule has 7 nitrogen and oxygen atoms in total. The first-order valence-corrected chi connectivity index (χ1v) is 15.4. The largest absolute Gasteiger partial charge is 0.534 e. The van der Waals surface area contributed by atoms with Gasteiger partial charge >= 0.3 is 21.6 Å². The van der Waals surface area contributed by atoms with E-state index >= 15 is 0 Å². The van der Waals surface area contributed by atoms with Gasteiger partial charge in [-0.3, -0.25) is 9.69 Å². The normalized spacial score (nSPS) is 13.3. The van der Waals surface area contributed by atoms with Crippen LogP contribution in [0.3, 0.4) is 0 Å². The first-order chi connectivity index (χ1) is 20.6. The molecular formula is C32H43F4NO6S. The second-order valence-electron chi connectivity index (χ2n) is 9.61. The lowest BCUT2D eigenvalue weighted by molar-refractivity contribution is -0.146. The summed E-state index contributed by atoms with van der Waals surface area (Å²) in [7, 11) is -3.76. The Balaban J connectivity index is 0.000000963. The van der Waals surface area contributed by atoms with Gasteiger partial charge < -0.3 is 13.7 Å². The molecule has 0 bridgehead atoms. The highest BCUT2D eigenvalue weighted by Gasteiger charge is 2.48. The van der Waals surface area contributed by atoms with Crippen LogP contribution in [0, 0.1) is 12.7 Å². The second-order valence-corrected chi connectivity index (χ2v) is 11.2. The third-order valence-corrected chi connectivity index (χ3v) is 7.03. The average Bonchev–Trinajstić information content (AvgIpc) is 2.96. The topological polar surface area (TPSA) is 90.0 Å². The van der Waals surface area contributed by atoms with E-state index in [9.17, 15) is 30.8 Å². The fourth-order valence-corrected chi connectivity index (χ4v) is 4.41. The van der Waals surface area contributed by atoms with Crippen molar-refractivity contribution in [1.29, 1.82) is 0 Å². The Morgan fingerprint density at radius 1 is 1.00 bits per heavy atom. The van der Waals surface area contributed by atoms with Gasteiger partial charge in [-0.05, 0) is 68.6 Å². The van der Waals surface area contributed by atoms with Gasteiger partial charge in [-0.1, -0.05) is 75.2 Å². The predicted octanol–water partition coefficient (Wildman–Crippen LogP) is 8.14. The van der Waals surface area contributed by atoms with Gasteiger partial charge in [-0.2, -0.15) is 21.6 Å². The number of ether oxygens (including phenoxy) is 1. The molecule has 0 saturated heterocycles. The zero-order valence-electron chi connectivity index (χ0n) is 26.1. The molecule has 2 atom stereocenters. The van der Waals surface area contributed by atoms with Gasteiger partial charge in [0.2, 0.25) is 0 Å². The number of esters is 1. The molecule has 2 aromatic rings. The van der Waals surface area contributed by atoms with Crippen LogP contribution in [0.1, 0.15) is 82.2 Å². The number of hydrogen-bond acceptors (Lipinski definition) is 7. The molecule has 0 aliphatic rings. The number of aryl methyl sites for hydroxylation is 1. The van der Waals surface area contributed by atoms with E-state index in [1.165, 1.54) is 36.8 Å². The monoisotopic (exact) mass is 645 g/mol. The van der Waals surface area contributed by atoms with E-state index in [2.05, 4.69) is 28.1 Å². The fourth-order valence-electron chi connectivity index (χ4n) is 3.94. The number of likely N-dealkylation sites (N-methyl/N-ethyl adjacent to an activating group) is 1. The number of nitrogens with zero attached hydrogens (tertiary/aromatic N) is 1. The third-order valence-electron chi connectivity index (χ3n) is 6.05. The second kappa shape index (κ2) is 20.4. The Labute approximate surface area is 258 Å². The number of hydrogen-bond donors (Lipinski definition) is 0. The molecule has 0 heterocycles. The summed E-state index contributed by atoms with van der Waals surface area (Å²) in [5.74, 6) is -0.941. The fraction of sp³-hybridized carbons (Fsp3) is 0.438. The van der Waals surface area contributed by atoms with E-state index in [4.69, 9.17) is 9.53 Å². The van der Waals surface area contributed by atoms with Crippen LogP contribution in [-0.4, -0.2) is 45.2 Å². The van der Waals surface area contributed by atoms with E-state index in [0.717, 1.165) is 24.0 Å². The van der Waals surface area contributed by atoms with Crippen LogP contribution in [0.25, 0.3) is 0 Å². The number of alkyl halides is 3. The maximum atomic E-state index is 12.6. The predicted molar refractivity (Wildman–Crippen MR) is 163 cm³/mol. The van der Waals surface area contributed by atoms with Gasteiger partial charge in [-0.25, -0.2) is 4.39 Å². The van der Waals surface area contributed by atoms with Gasteiger partial charge in [0.1, 0.15) is 24.5 Å². The molecule has 0 aliphatic heterocycles. The van der Waals surface area contributed by atoms with Crippen molar-refractivity contribution in [3.63, 3.8) is 0 Å². The Morgan fingerprint density at radius 2 is 1.55 bits per heavy atom. The van der Waals surface area contributed by atoms with E-state index in [-0.39, 0.29) is 29.7 Å². The van der Waals surface area contributed by atoms with Gasteiger partial charge in [0, 0.05) is 19.5 Å². The van der Waals surface area contributed by atoms with Crippen LogP contribution in [-0.2, 0) is 28.6 Å². The lowest BCUT2D eigenvalue weighted by atomic mass is 10.00. The molecule has 0 radical (unpaired) electrons. The van der Waals surface area contributed by atoms with Crippen LogP contribution in [0.15, 0.2) is 72.5 Å². The Bertz CT molecular complexity index is 1280. The van der Waals surface area contributed by atoms with Crippen LogP contribution in [0.5, 0.6) is 0 Å². The Kier molecular flexibility index (Phi) is 18.8. The number of rotatable bonds is 13. The van der Waals surface area contributed by atoms with Crippen molar-refractivity contribution in [1.82, 2.24) is 4.90 Å². The Morgan fingerprint density at radius 3 is 2.00 bits per heavy atom. The van der Waals surface area contributed by atoms with Crippen LogP contribution < -0.4 is 0 Å². The minimum atomic E-state index is -5.67. The van der Waals surface area contributed by atoms with E-state index in [1.54, 1.807) is 25.1 Å². The maximum Gasteiger partial charge on any atom is 0.534 e. The summed E-state index contributed by atoms with van der Waals surface area (Å²) in [5, 5.41) is 0. The number of carbonyl (C=O) groups is 2. The molecule has 246 valence electrons. The minimum absolute atomic E-state index is 0.147. The molecule has 0 spiro atoms. The smallest absolute Gasteiger partial charge is 0.458 e. The van der Waals surface area contributed by atoms with Gasteiger partial charge in [0.05, 0.1) is 0 Å². The molecule has 0 fully saturated rings. The molecule has 2 aromatic carbocycles. The highest BCUT2D eigenvalue weighted by Crippen LogP contribution is 2.28. The van der Waals surface area contributed by atoms with Crippen molar-refractivity contribution < 1.29 is 44.5 Å². The molecule has 0 aromatic heterocycles. The molecule has 44 heavy (non-hydrogen) atoms. The van der Waals surface area contributed by atoms with E-state index < -0.39 is 15.6 Å². The summed E-state index contributed by atoms with van der Waals surface area (Å²) >= 11 is 0. The molecule has 2 unspecified atom stereocenters. The summed E-state index contributed by atoms with van der Waals surface area (Å²) in [6.07, 6.45) is 6.81. The van der Waals surface area contributed by atoms with Crippen molar-refractivity contribution in [2.75, 3.05) is 13.6 Å². The number of halogens is 4. The Hall–Kier alpha value is -3.51. The molecule has 12 heteroatoms. The summed E-state index contributed by atoms with van der Waals surface area (Å²) in [4.78, 5) is 20.8. The standard InChI is InChI=1S/C20H28F3NO3S.C11H13FO2.CH2O/c1-5-8-18(27-28(25,26)20(21,22)23)10-7-15-24(4)19(9-6-2)17-13-11-16(3)12-14-17;1-3-11(14-8(2)13)9-4-6-10(12)7-5-9;1-2/h7-8,10-14,19H,5-6,9,15H2,1-4H3;4-7,11H,3H2,1-2H3;1H2/b10-7-,18-8+;;. The number of carbonyl (C=O) groups excluding carboxylic acids is 2. The zero-order chi connectivity index (χ0) is 33.9. The molecule has 0 saturated carbocycles. The summed E-state index contributed by atoms with van der Waals surface area (Å²) in [6.45, 7) is 11.5. The van der Waals surface area contributed by atoms with Gasteiger partial charge in [-0.15, -0.1) is 0 Å². The number of allylic oxidation sites excluding steroid dienone is 2. The van der Waals surface area contributed by atoms with Gasteiger partial charge in [0.15, 0.2) is 0 Å². The van der Waals surface area contributed by atoms with E-state index in [0.29, 0.717) is 19.4 Å². The third kappa shape index (κ3) is 14.8. The summed E-state index contributed by atoms with van der Waals surface area (Å²) in [5.41, 5.74) is -2.31. The molecule has 0 N–H and O–H groups in total. The molecule has 0 aliphatic carbocycles.